The lowest BCUT2D eigenvalue weighted by Gasteiger charge is -1.76. The zero-order valence-electron chi connectivity index (χ0n) is 3.28. The first-order chi connectivity index (χ1) is 2.89. The van der Waals surface area contributed by atoms with Crippen LogP contribution in [0.4, 0.5) is 0 Å². The van der Waals surface area contributed by atoms with Gasteiger partial charge in [-0.3, -0.25) is 0 Å². The highest BCUT2D eigenvalue weighted by molar-refractivity contribution is 14.1. The summed E-state index contributed by atoms with van der Waals surface area (Å²) in [4.78, 5) is 0. The molecule has 34 valence electrons. The van der Waals surface area contributed by atoms with Gasteiger partial charge in [-0.25, -0.2) is 0 Å². The first-order valence-electron chi connectivity index (χ1n) is 1.86. The highest BCUT2D eigenvalue weighted by Gasteiger charge is 1.97. The van der Waals surface area contributed by atoms with E-state index < -0.39 is 0 Å². The van der Waals surface area contributed by atoms with E-state index in [4.69, 9.17) is 0 Å². The minimum atomic E-state index is 1.30. The third-order valence-electron chi connectivity index (χ3n) is 0.670. The van der Waals surface area contributed by atoms with Gasteiger partial charge in [0.25, 0.3) is 0 Å². The Morgan fingerprint density at radius 1 is 1.83 bits per heavy atom. The van der Waals surface area contributed by atoms with E-state index in [-0.39, 0.29) is 0 Å². The number of thioether (sulfide) groups is 1. The highest BCUT2D eigenvalue weighted by atomic mass is 127. The van der Waals surface area contributed by atoms with Crippen LogP contribution in [0.15, 0.2) is 8.99 Å². The van der Waals surface area contributed by atoms with Crippen molar-refractivity contribution in [3.8, 4) is 0 Å². The van der Waals surface area contributed by atoms with Gasteiger partial charge in [0.1, 0.15) is 0 Å². The number of rotatable bonds is 0. The van der Waals surface area contributed by atoms with Gasteiger partial charge in [-0.15, -0.1) is 11.8 Å². The van der Waals surface area contributed by atoms with Gasteiger partial charge in [0.05, 0.1) is 0 Å². The maximum Gasteiger partial charge on any atom is 0.00195 e. The Balaban J connectivity index is 2.45. The smallest absolute Gasteiger partial charge is 0.00195 e. The van der Waals surface area contributed by atoms with Crippen LogP contribution in [0.1, 0.15) is 6.42 Å². The van der Waals surface area contributed by atoms with Crippen molar-refractivity contribution in [2.24, 2.45) is 0 Å². The Morgan fingerprint density at radius 2 is 2.67 bits per heavy atom. The van der Waals surface area contributed by atoms with Gasteiger partial charge < -0.3 is 0 Å². The first-order valence-corrected chi connectivity index (χ1v) is 3.98. The number of halogens is 1. The van der Waals surface area contributed by atoms with E-state index in [9.17, 15) is 0 Å². The Bertz CT molecular complexity index is 77.6. The molecule has 1 rings (SSSR count). The molecule has 0 N–H and O–H groups in total. The van der Waals surface area contributed by atoms with E-state index in [1.54, 1.807) is 0 Å². The van der Waals surface area contributed by atoms with Crippen LogP contribution < -0.4 is 0 Å². The number of hydrogen-bond acceptors (Lipinski definition) is 1. The maximum atomic E-state index is 2.37. The molecule has 0 atom stereocenters. The lowest BCUT2D eigenvalue weighted by atomic mass is 10.5. The van der Waals surface area contributed by atoms with Crippen LogP contribution in [0.5, 0.6) is 0 Å². The fourth-order valence-corrected chi connectivity index (χ4v) is 2.29. The van der Waals surface area contributed by atoms with Gasteiger partial charge in [0, 0.05) is 5.75 Å². The summed E-state index contributed by atoms with van der Waals surface area (Å²) in [6.45, 7) is 0. The molecule has 0 fully saturated rings. The standard InChI is InChI=1S/C4H5IS/c5-4-1-2-6-3-4/h3H,1-2H2. The molecule has 1 aliphatic rings. The Kier molecular flexibility index (Phi) is 1.83. The van der Waals surface area contributed by atoms with Crippen molar-refractivity contribution in [3.05, 3.63) is 8.99 Å². The predicted molar refractivity (Wildman–Crippen MR) is 39.2 cm³/mol. The van der Waals surface area contributed by atoms with Crippen molar-refractivity contribution in [3.63, 3.8) is 0 Å². The minimum absolute atomic E-state index is 1.30. The fourth-order valence-electron chi connectivity index (χ4n) is 0.365. The average molecular weight is 212 g/mol. The molecule has 0 saturated carbocycles. The topological polar surface area (TPSA) is 0 Å². The second kappa shape index (κ2) is 2.21. The molecule has 1 heterocycles. The molecule has 0 aromatic rings. The average Bonchev–Trinajstić information content (AvgIpc) is 1.86. The fraction of sp³-hybridized carbons (Fsp3) is 0.500. The van der Waals surface area contributed by atoms with E-state index >= 15 is 0 Å². The first kappa shape index (κ1) is 4.97. The Hall–Kier alpha value is 0.820. The van der Waals surface area contributed by atoms with Gasteiger partial charge in [-0.1, -0.05) is 0 Å². The SMILES string of the molecule is IC1=CSCC1. The second-order valence-corrected chi connectivity index (χ2v) is 3.55. The van der Waals surface area contributed by atoms with Crippen molar-refractivity contribution in [1.82, 2.24) is 0 Å². The zero-order chi connectivity index (χ0) is 4.41. The maximum absolute atomic E-state index is 2.37. The molecule has 0 bridgehead atoms. The van der Waals surface area contributed by atoms with Crippen LogP contribution in [0.2, 0.25) is 0 Å². The molecule has 0 spiro atoms. The summed E-state index contributed by atoms with van der Waals surface area (Å²) in [5, 5.41) is 2.22. The predicted octanol–water partition coefficient (Wildman–Crippen LogP) is 2.40. The summed E-state index contributed by atoms with van der Waals surface area (Å²) in [7, 11) is 0. The van der Waals surface area contributed by atoms with Crippen LogP contribution in [0, 0.1) is 0 Å². The van der Waals surface area contributed by atoms with E-state index in [2.05, 4.69) is 28.0 Å². The molecule has 0 aromatic carbocycles. The van der Waals surface area contributed by atoms with Crippen LogP contribution >= 0.6 is 34.4 Å². The molecule has 1 aliphatic heterocycles. The summed E-state index contributed by atoms with van der Waals surface area (Å²) in [6.07, 6.45) is 1.30. The molecular weight excluding hydrogens is 207 g/mol. The van der Waals surface area contributed by atoms with Crippen molar-refractivity contribution in [2.45, 2.75) is 6.42 Å². The van der Waals surface area contributed by atoms with Crippen molar-refractivity contribution in [1.29, 1.82) is 0 Å². The van der Waals surface area contributed by atoms with Crippen molar-refractivity contribution in [2.75, 3.05) is 5.75 Å². The number of hydrogen-bond donors (Lipinski definition) is 0. The van der Waals surface area contributed by atoms with Crippen molar-refractivity contribution < 1.29 is 0 Å². The molecule has 0 nitrogen and oxygen atoms in total. The van der Waals surface area contributed by atoms with Crippen molar-refractivity contribution >= 4 is 34.4 Å². The minimum Gasteiger partial charge on any atom is -0.133 e. The van der Waals surface area contributed by atoms with E-state index in [0.29, 0.717) is 0 Å². The van der Waals surface area contributed by atoms with E-state index in [0.717, 1.165) is 0 Å². The Morgan fingerprint density at radius 3 is 2.83 bits per heavy atom. The van der Waals surface area contributed by atoms with E-state index in [1.807, 2.05) is 11.8 Å². The largest absolute Gasteiger partial charge is 0.133 e. The lowest BCUT2D eigenvalue weighted by Crippen LogP contribution is -1.62. The van der Waals surface area contributed by atoms with Crippen LogP contribution in [-0.4, -0.2) is 5.75 Å². The Labute approximate surface area is 55.5 Å². The summed E-state index contributed by atoms with van der Waals surface area (Å²) >= 11 is 4.28. The molecule has 0 aliphatic carbocycles. The normalized spacial score (nSPS) is 21.2. The molecule has 0 radical (unpaired) electrons. The molecule has 0 amide bonds. The zero-order valence-corrected chi connectivity index (χ0v) is 6.25. The van der Waals surface area contributed by atoms with Crippen LogP contribution in [-0.2, 0) is 0 Å². The summed E-state index contributed by atoms with van der Waals surface area (Å²) in [5.41, 5.74) is 0. The summed E-state index contributed by atoms with van der Waals surface area (Å²) in [6, 6.07) is 0. The van der Waals surface area contributed by atoms with Crippen LogP contribution in [0.3, 0.4) is 0 Å². The lowest BCUT2D eigenvalue weighted by molar-refractivity contribution is 1.27. The quantitative estimate of drug-likeness (QED) is 0.555. The molecule has 0 saturated heterocycles. The highest BCUT2D eigenvalue weighted by Crippen LogP contribution is 2.25. The van der Waals surface area contributed by atoms with Gasteiger partial charge >= 0.3 is 0 Å². The van der Waals surface area contributed by atoms with Gasteiger partial charge in [-0.05, 0) is 38.0 Å². The molecule has 0 aromatic heterocycles. The van der Waals surface area contributed by atoms with Gasteiger partial charge in [-0.2, -0.15) is 0 Å². The molecule has 2 heteroatoms. The van der Waals surface area contributed by atoms with Gasteiger partial charge in [0.15, 0.2) is 0 Å². The third kappa shape index (κ3) is 1.15. The van der Waals surface area contributed by atoms with E-state index in [1.165, 1.54) is 15.8 Å². The van der Waals surface area contributed by atoms with Crippen LogP contribution in [0.25, 0.3) is 0 Å². The number of allylic oxidation sites excluding steroid dienone is 1. The second-order valence-electron chi connectivity index (χ2n) is 1.19. The monoisotopic (exact) mass is 212 g/mol. The third-order valence-corrected chi connectivity index (χ3v) is 2.83. The molecule has 0 unspecified atom stereocenters. The molecular formula is C4H5IS. The summed E-state index contributed by atoms with van der Waals surface area (Å²) in [5.74, 6) is 1.30. The van der Waals surface area contributed by atoms with Gasteiger partial charge in [0.2, 0.25) is 0 Å². The summed E-state index contributed by atoms with van der Waals surface area (Å²) < 4.78 is 1.51. The molecule has 6 heavy (non-hydrogen) atoms.